The predicted octanol–water partition coefficient (Wildman–Crippen LogP) is 4.80. The van der Waals surface area contributed by atoms with E-state index >= 15 is 0 Å². The van der Waals surface area contributed by atoms with Crippen molar-refractivity contribution in [1.82, 2.24) is 4.98 Å². The zero-order valence-electron chi connectivity index (χ0n) is 13.3. The van der Waals surface area contributed by atoms with Crippen molar-refractivity contribution < 1.29 is 17.6 Å². The normalized spacial score (nSPS) is 23.0. The molecular formula is C19H16F4N2. The van der Waals surface area contributed by atoms with Gasteiger partial charge in [-0.1, -0.05) is 0 Å². The number of nitrogens with one attached hydrogen (secondary N) is 1. The fraction of sp³-hybridized carbons (Fsp3) is 0.263. The van der Waals surface area contributed by atoms with E-state index in [9.17, 15) is 17.6 Å². The van der Waals surface area contributed by atoms with E-state index in [1.54, 1.807) is 12.1 Å². The van der Waals surface area contributed by atoms with Crippen molar-refractivity contribution >= 4 is 10.9 Å². The Morgan fingerprint density at radius 3 is 2.36 bits per heavy atom. The number of halogens is 4. The number of aromatic amines is 1. The molecule has 0 amide bonds. The molecule has 1 fully saturated rings. The average Bonchev–Trinajstić information content (AvgIpc) is 2.92. The van der Waals surface area contributed by atoms with E-state index in [1.165, 1.54) is 18.2 Å². The van der Waals surface area contributed by atoms with Gasteiger partial charge in [0.25, 0.3) is 0 Å². The summed E-state index contributed by atoms with van der Waals surface area (Å²) >= 11 is 0. The topological polar surface area (TPSA) is 41.8 Å². The van der Waals surface area contributed by atoms with Crippen molar-refractivity contribution in [2.45, 2.75) is 24.4 Å². The standard InChI is InChI=1S/C19H16F4N2/c20-12-3-1-10(2-4-12)17-16(11-7-19(23,8-11)9-24)14-5-13(21)6-15(22)18(14)25-17/h1-6,11,25H,7-9,24H2. The quantitative estimate of drug-likeness (QED) is 0.656. The van der Waals surface area contributed by atoms with Gasteiger partial charge in [-0.3, -0.25) is 0 Å². The number of alkyl halides is 1. The first-order valence-electron chi connectivity index (χ1n) is 8.06. The molecule has 25 heavy (non-hydrogen) atoms. The van der Waals surface area contributed by atoms with Gasteiger partial charge in [0.2, 0.25) is 0 Å². The molecule has 3 N–H and O–H groups in total. The summed E-state index contributed by atoms with van der Waals surface area (Å²) in [6, 6.07) is 7.75. The Labute approximate surface area is 141 Å². The Morgan fingerprint density at radius 1 is 1.04 bits per heavy atom. The fourth-order valence-corrected chi connectivity index (χ4v) is 3.70. The van der Waals surface area contributed by atoms with Gasteiger partial charge in [0.1, 0.15) is 23.1 Å². The molecule has 0 radical (unpaired) electrons. The lowest BCUT2D eigenvalue weighted by atomic mass is 9.68. The van der Waals surface area contributed by atoms with E-state index in [0.717, 1.165) is 6.07 Å². The van der Waals surface area contributed by atoms with E-state index in [1.807, 2.05) is 0 Å². The summed E-state index contributed by atoms with van der Waals surface area (Å²) in [4.78, 5) is 2.97. The summed E-state index contributed by atoms with van der Waals surface area (Å²) in [7, 11) is 0. The monoisotopic (exact) mass is 348 g/mol. The average molecular weight is 348 g/mol. The van der Waals surface area contributed by atoms with Crippen molar-refractivity contribution in [1.29, 1.82) is 0 Å². The Balaban J connectivity index is 1.91. The largest absolute Gasteiger partial charge is 0.352 e. The highest BCUT2D eigenvalue weighted by atomic mass is 19.1. The van der Waals surface area contributed by atoms with Crippen LogP contribution in [0, 0.1) is 17.5 Å². The molecule has 1 aliphatic rings. The third-order valence-corrected chi connectivity index (χ3v) is 5.00. The number of fused-ring (bicyclic) bond motifs is 1. The SMILES string of the molecule is NCC1(F)CC(c2c(-c3ccc(F)cc3)[nH]c3c(F)cc(F)cc23)C1. The minimum absolute atomic E-state index is 0.0829. The van der Waals surface area contributed by atoms with Crippen LogP contribution in [0.25, 0.3) is 22.2 Å². The van der Waals surface area contributed by atoms with Crippen molar-refractivity contribution in [2.24, 2.45) is 5.73 Å². The molecule has 0 saturated heterocycles. The smallest absolute Gasteiger partial charge is 0.150 e. The van der Waals surface area contributed by atoms with Crippen LogP contribution in [0.4, 0.5) is 17.6 Å². The molecular weight excluding hydrogens is 332 g/mol. The van der Waals surface area contributed by atoms with Crippen LogP contribution in [0.1, 0.15) is 24.3 Å². The molecule has 1 heterocycles. The van der Waals surface area contributed by atoms with Gasteiger partial charge in [-0.05, 0) is 60.2 Å². The van der Waals surface area contributed by atoms with Gasteiger partial charge >= 0.3 is 0 Å². The minimum Gasteiger partial charge on any atom is -0.352 e. The summed E-state index contributed by atoms with van der Waals surface area (Å²) in [5, 5.41) is 0.390. The lowest BCUT2D eigenvalue weighted by molar-refractivity contribution is 0.0512. The highest BCUT2D eigenvalue weighted by molar-refractivity contribution is 5.92. The van der Waals surface area contributed by atoms with Gasteiger partial charge in [-0.15, -0.1) is 0 Å². The fourth-order valence-electron chi connectivity index (χ4n) is 3.70. The zero-order valence-corrected chi connectivity index (χ0v) is 13.3. The maximum atomic E-state index is 14.3. The predicted molar refractivity (Wildman–Crippen MR) is 88.5 cm³/mol. The van der Waals surface area contributed by atoms with Crippen LogP contribution >= 0.6 is 0 Å². The first-order valence-corrected chi connectivity index (χ1v) is 8.06. The van der Waals surface area contributed by atoms with Crippen LogP contribution in [0.3, 0.4) is 0 Å². The minimum atomic E-state index is -1.44. The molecule has 4 rings (SSSR count). The molecule has 0 spiro atoms. The van der Waals surface area contributed by atoms with E-state index in [4.69, 9.17) is 5.73 Å². The highest BCUT2D eigenvalue weighted by Gasteiger charge is 2.46. The molecule has 1 aliphatic carbocycles. The number of benzene rings is 2. The van der Waals surface area contributed by atoms with Crippen LogP contribution in [-0.4, -0.2) is 17.2 Å². The summed E-state index contributed by atoms with van der Waals surface area (Å²) < 4.78 is 55.5. The maximum Gasteiger partial charge on any atom is 0.150 e. The Morgan fingerprint density at radius 2 is 1.72 bits per heavy atom. The number of H-pyrrole nitrogens is 1. The maximum absolute atomic E-state index is 14.3. The molecule has 2 nitrogen and oxygen atoms in total. The number of hydrogen-bond donors (Lipinski definition) is 2. The molecule has 3 aromatic rings. The van der Waals surface area contributed by atoms with Gasteiger partial charge in [0.15, 0.2) is 0 Å². The van der Waals surface area contributed by atoms with Crippen molar-refractivity contribution in [3.8, 4) is 11.3 Å². The van der Waals surface area contributed by atoms with Crippen LogP contribution in [0.15, 0.2) is 36.4 Å². The lowest BCUT2D eigenvalue weighted by Gasteiger charge is -2.41. The second-order valence-electron chi connectivity index (χ2n) is 6.69. The third kappa shape index (κ3) is 2.61. The van der Waals surface area contributed by atoms with Crippen molar-refractivity contribution in [3.05, 3.63) is 59.4 Å². The van der Waals surface area contributed by atoms with Gasteiger partial charge < -0.3 is 10.7 Å². The molecule has 6 heteroatoms. The van der Waals surface area contributed by atoms with E-state index in [2.05, 4.69) is 4.98 Å². The summed E-state index contributed by atoms with van der Waals surface area (Å²) in [5.74, 6) is -2.01. The van der Waals surface area contributed by atoms with Gasteiger partial charge in [0, 0.05) is 18.0 Å². The van der Waals surface area contributed by atoms with Crippen LogP contribution in [0.2, 0.25) is 0 Å². The van der Waals surface area contributed by atoms with Crippen LogP contribution in [0.5, 0.6) is 0 Å². The van der Waals surface area contributed by atoms with Crippen LogP contribution < -0.4 is 5.73 Å². The number of nitrogens with two attached hydrogens (primary N) is 1. The van der Waals surface area contributed by atoms with Gasteiger partial charge in [0.05, 0.1) is 11.2 Å². The molecule has 1 saturated carbocycles. The Kier molecular flexibility index (Phi) is 3.61. The second kappa shape index (κ2) is 5.59. The van der Waals surface area contributed by atoms with Crippen LogP contribution in [-0.2, 0) is 0 Å². The number of rotatable bonds is 3. The van der Waals surface area contributed by atoms with Crippen molar-refractivity contribution in [2.75, 3.05) is 6.54 Å². The number of aromatic nitrogens is 1. The Hall–Kier alpha value is -2.34. The first-order chi connectivity index (χ1) is 11.9. The molecule has 0 aliphatic heterocycles. The highest BCUT2D eigenvalue weighted by Crippen LogP contribution is 2.51. The van der Waals surface area contributed by atoms with Crippen molar-refractivity contribution in [3.63, 3.8) is 0 Å². The Bertz CT molecular complexity index is 940. The van der Waals surface area contributed by atoms with E-state index < -0.39 is 23.1 Å². The summed E-state index contributed by atoms with van der Waals surface area (Å²) in [6.07, 6.45) is 0.394. The van der Waals surface area contributed by atoms with E-state index in [-0.39, 0.29) is 30.8 Å². The zero-order chi connectivity index (χ0) is 17.8. The van der Waals surface area contributed by atoms with Gasteiger partial charge in [-0.2, -0.15) is 0 Å². The third-order valence-electron chi connectivity index (χ3n) is 5.00. The van der Waals surface area contributed by atoms with E-state index in [0.29, 0.717) is 22.2 Å². The summed E-state index contributed by atoms with van der Waals surface area (Å²) in [5.41, 5.74) is 6.04. The molecule has 0 bridgehead atoms. The molecule has 2 aromatic carbocycles. The number of hydrogen-bond acceptors (Lipinski definition) is 1. The molecule has 130 valence electrons. The van der Waals surface area contributed by atoms with Gasteiger partial charge in [-0.25, -0.2) is 17.6 Å². The molecule has 0 atom stereocenters. The lowest BCUT2D eigenvalue weighted by Crippen LogP contribution is -2.44. The molecule has 0 unspecified atom stereocenters. The second-order valence-corrected chi connectivity index (χ2v) is 6.69. The first kappa shape index (κ1) is 16.1. The summed E-state index contributed by atoms with van der Waals surface area (Å²) in [6.45, 7) is -0.0829. The molecule has 1 aromatic heterocycles.